The first kappa shape index (κ1) is 27.0. The number of benzene rings is 4. The monoisotopic (exact) mass is 597 g/mol. The normalized spacial score (nSPS) is 15.8. The molecule has 0 spiro atoms. The van der Waals surface area contributed by atoms with Gasteiger partial charge < -0.3 is 8.83 Å². The van der Waals surface area contributed by atoms with Gasteiger partial charge in [-0.25, -0.2) is 9.55 Å². The Bertz CT molecular complexity index is 2270. The van der Waals surface area contributed by atoms with Crippen LogP contribution in [-0.4, -0.2) is 9.55 Å². The third kappa shape index (κ3) is 4.27. The minimum absolute atomic E-state index is 0.342. The molecule has 0 bridgehead atoms. The zero-order valence-electron chi connectivity index (χ0n) is 28.2. The lowest BCUT2D eigenvalue weighted by atomic mass is 9.89. The third-order valence-electron chi connectivity index (χ3n) is 9.94. The molecule has 1 aliphatic carbocycles. The smallest absolute Gasteiger partial charge is 0.299 e. The van der Waals surface area contributed by atoms with E-state index in [4.69, 9.17) is 15.2 Å². The van der Waals surface area contributed by atoms with Crippen molar-refractivity contribution in [1.29, 1.82) is 0 Å². The van der Waals surface area contributed by atoms with E-state index in [0.29, 0.717) is 28.9 Å². The molecule has 228 valence electrons. The molecule has 8 rings (SSSR count). The summed E-state index contributed by atoms with van der Waals surface area (Å²) in [6.45, 7) is 11.3. The quantitative estimate of drug-likeness (QED) is 0.185. The minimum Gasteiger partial charge on any atom is -0.451 e. The molecule has 3 heterocycles. The second-order valence-electron chi connectivity index (χ2n) is 13.5. The summed E-state index contributed by atoms with van der Waals surface area (Å²) in [6, 6.07) is 24.0. The van der Waals surface area contributed by atoms with E-state index in [2.05, 4.69) is 111 Å². The summed E-state index contributed by atoms with van der Waals surface area (Å²) in [5, 5.41) is 2.05. The second kappa shape index (κ2) is 10.6. The van der Waals surface area contributed by atoms with Crippen molar-refractivity contribution < 1.29 is 14.8 Å². The Kier molecular flexibility index (Phi) is 6.36. The zero-order valence-corrected chi connectivity index (χ0v) is 27.2. The number of imidazole rings is 1. The maximum absolute atomic E-state index is 9.17. The Morgan fingerprint density at radius 3 is 2.22 bits per heavy atom. The van der Waals surface area contributed by atoms with Crippen molar-refractivity contribution in [1.82, 2.24) is 9.55 Å². The summed E-state index contributed by atoms with van der Waals surface area (Å²) in [4.78, 5) is 4.85. The van der Waals surface area contributed by atoms with Crippen LogP contribution < -0.4 is 4.57 Å². The molecule has 0 amide bonds. The average Bonchev–Trinajstić information content (AvgIpc) is 3.73. The van der Waals surface area contributed by atoms with Crippen LogP contribution in [0.1, 0.15) is 101 Å². The van der Waals surface area contributed by atoms with Gasteiger partial charge in [-0.2, -0.15) is 4.57 Å². The predicted octanol–water partition coefficient (Wildman–Crippen LogP) is 10.8. The van der Waals surface area contributed by atoms with Crippen LogP contribution in [0.3, 0.4) is 0 Å². The van der Waals surface area contributed by atoms with E-state index < -0.39 is 5.89 Å². The summed E-state index contributed by atoms with van der Waals surface area (Å²) >= 11 is 0. The number of fused-ring (bicyclic) bond motifs is 6. The maximum atomic E-state index is 9.17. The molecule has 1 aliphatic rings. The third-order valence-corrected chi connectivity index (χ3v) is 9.94. The van der Waals surface area contributed by atoms with Crippen molar-refractivity contribution in [3.63, 3.8) is 0 Å². The van der Waals surface area contributed by atoms with E-state index in [0.717, 1.165) is 75.5 Å². The number of hydrogen-bond acceptors (Lipinski definition) is 3. The fourth-order valence-electron chi connectivity index (χ4n) is 7.59. The highest BCUT2D eigenvalue weighted by Gasteiger charge is 2.34. The summed E-state index contributed by atoms with van der Waals surface area (Å²) in [5.74, 6) is 1.51. The lowest BCUT2D eigenvalue weighted by Gasteiger charge is -2.18. The number of aryl methyl sites for hydroxylation is 2. The van der Waals surface area contributed by atoms with Crippen molar-refractivity contribution in [2.75, 3.05) is 0 Å². The molecule has 5 heteroatoms. The first-order valence-corrected chi connectivity index (χ1v) is 16.6. The van der Waals surface area contributed by atoms with Crippen LogP contribution in [0.15, 0.2) is 75.6 Å². The van der Waals surface area contributed by atoms with Gasteiger partial charge in [-0.15, -0.1) is 0 Å². The van der Waals surface area contributed by atoms with Crippen LogP contribution in [0, 0.1) is 6.92 Å². The first-order chi connectivity index (χ1) is 22.2. The van der Waals surface area contributed by atoms with Crippen molar-refractivity contribution in [2.45, 2.75) is 84.5 Å². The van der Waals surface area contributed by atoms with E-state index in [-0.39, 0.29) is 0 Å². The Labute approximate surface area is 265 Å². The zero-order chi connectivity index (χ0) is 31.9. The highest BCUT2D eigenvalue weighted by molar-refractivity contribution is 6.15. The van der Waals surface area contributed by atoms with Crippen molar-refractivity contribution in [3.05, 3.63) is 89.3 Å². The molecule has 1 fully saturated rings. The number of oxazole rings is 1. The molecule has 4 aromatic carbocycles. The van der Waals surface area contributed by atoms with Gasteiger partial charge in [0.2, 0.25) is 0 Å². The fourth-order valence-corrected chi connectivity index (χ4v) is 7.59. The van der Waals surface area contributed by atoms with Gasteiger partial charge in [-0.3, -0.25) is 0 Å². The molecule has 0 unspecified atom stereocenters. The largest absolute Gasteiger partial charge is 0.451 e. The Morgan fingerprint density at radius 1 is 0.800 bits per heavy atom. The standard InChI is InChI=1S/C40H42N3O2/c1-23(2)27-15-12-16-28(24(3)4)35(27)43-33-18-11-10-17-32(33)42(6)40(43)34-25(5)19-20-29-30-21-22-31-38(37(30)44-36(29)34)45-39(41-31)26-13-8-7-9-14-26/h10-12,15-24,26H,7-9,13-14H2,1-6H3/q+1/i26D. The molecule has 0 atom stereocenters. The van der Waals surface area contributed by atoms with Gasteiger partial charge in [0, 0.05) is 29.2 Å². The number of furan rings is 1. The van der Waals surface area contributed by atoms with Crippen LogP contribution in [0.2, 0.25) is 0 Å². The van der Waals surface area contributed by atoms with Crippen molar-refractivity contribution >= 4 is 44.1 Å². The van der Waals surface area contributed by atoms with Gasteiger partial charge in [-0.05, 0) is 61.4 Å². The lowest BCUT2D eigenvalue weighted by Crippen LogP contribution is -2.30. The number of nitrogens with zero attached hydrogens (tertiary/aromatic N) is 3. The summed E-state index contributed by atoms with van der Waals surface area (Å²) in [5.41, 5.74) is 11.4. The Morgan fingerprint density at radius 2 is 1.49 bits per heavy atom. The molecule has 3 aromatic heterocycles. The molecule has 0 radical (unpaired) electrons. The van der Waals surface area contributed by atoms with E-state index in [9.17, 15) is 0 Å². The van der Waals surface area contributed by atoms with Crippen LogP contribution in [0.4, 0.5) is 0 Å². The molecule has 0 aliphatic heterocycles. The molecular weight excluding hydrogens is 554 g/mol. The van der Waals surface area contributed by atoms with Gasteiger partial charge in [0.05, 0.1) is 7.05 Å². The maximum Gasteiger partial charge on any atom is 0.299 e. The second-order valence-corrected chi connectivity index (χ2v) is 13.5. The van der Waals surface area contributed by atoms with Crippen LogP contribution in [0.25, 0.3) is 61.1 Å². The van der Waals surface area contributed by atoms with Gasteiger partial charge in [0.25, 0.3) is 5.82 Å². The fraction of sp³-hybridized carbons (Fsp3) is 0.350. The molecule has 0 N–H and O–H groups in total. The van der Waals surface area contributed by atoms with Crippen LogP contribution in [0.5, 0.6) is 0 Å². The number of hydrogen-bond donors (Lipinski definition) is 0. The van der Waals surface area contributed by atoms with Gasteiger partial charge >= 0.3 is 0 Å². The summed E-state index contributed by atoms with van der Waals surface area (Å²) < 4.78 is 27.4. The van der Waals surface area contributed by atoms with Gasteiger partial charge in [0.1, 0.15) is 16.8 Å². The molecule has 0 saturated heterocycles. The lowest BCUT2D eigenvalue weighted by molar-refractivity contribution is -0.633. The molecular formula is C40H42N3O2+. The molecule has 45 heavy (non-hydrogen) atoms. The van der Waals surface area contributed by atoms with Crippen LogP contribution >= 0.6 is 0 Å². The van der Waals surface area contributed by atoms with E-state index in [1.807, 2.05) is 6.07 Å². The van der Waals surface area contributed by atoms with E-state index in [1.165, 1.54) is 23.2 Å². The highest BCUT2D eigenvalue weighted by Crippen LogP contribution is 2.44. The van der Waals surface area contributed by atoms with Gasteiger partial charge in [-0.1, -0.05) is 89.4 Å². The van der Waals surface area contributed by atoms with E-state index in [1.54, 1.807) is 0 Å². The van der Waals surface area contributed by atoms with Crippen molar-refractivity contribution in [2.24, 2.45) is 7.05 Å². The number of rotatable bonds is 5. The molecule has 7 aromatic rings. The first-order valence-electron chi connectivity index (χ1n) is 17.1. The van der Waals surface area contributed by atoms with Crippen LogP contribution in [-0.2, 0) is 7.05 Å². The molecule has 5 nitrogen and oxygen atoms in total. The SMILES string of the molecule is [2H]C1(c2nc3ccc4c5ccc(C)c(-c6n(-c7c(C(C)C)cccc7C(C)C)c7ccccc7[n+]6C)c5oc4c3o2)CCCCC1. The molecule has 1 saturated carbocycles. The summed E-state index contributed by atoms with van der Waals surface area (Å²) in [6.07, 6.45) is 4.81. The van der Waals surface area contributed by atoms with Crippen molar-refractivity contribution in [3.8, 4) is 17.1 Å². The predicted molar refractivity (Wildman–Crippen MR) is 183 cm³/mol. The Balaban J connectivity index is 1.46. The summed E-state index contributed by atoms with van der Waals surface area (Å²) in [7, 11) is 2.17. The topological polar surface area (TPSA) is 48.0 Å². The Hall–Kier alpha value is -4.38. The minimum atomic E-state index is -0.774. The van der Waals surface area contributed by atoms with Gasteiger partial charge in [0.15, 0.2) is 33.7 Å². The number of aromatic nitrogens is 3. The number of para-hydroxylation sites is 3. The average molecular weight is 598 g/mol. The van der Waals surface area contributed by atoms with E-state index >= 15 is 0 Å². The highest BCUT2D eigenvalue weighted by atomic mass is 16.4.